The van der Waals surface area contributed by atoms with E-state index >= 15 is 0 Å². The van der Waals surface area contributed by atoms with Crippen molar-refractivity contribution in [2.75, 3.05) is 23.3 Å². The molecule has 0 saturated carbocycles. The van der Waals surface area contributed by atoms with Crippen molar-refractivity contribution in [1.82, 2.24) is 0 Å². The van der Waals surface area contributed by atoms with Gasteiger partial charge >= 0.3 is 0 Å². The summed E-state index contributed by atoms with van der Waals surface area (Å²) < 4.78 is 34.0. The number of sulfonamides is 1. The number of benzene rings is 3. The number of nitrogens with one attached hydrogen (secondary N) is 1. The van der Waals surface area contributed by atoms with E-state index in [0.29, 0.717) is 21.6 Å². The molecule has 3 aromatic rings. The predicted molar refractivity (Wildman–Crippen MR) is 131 cm³/mol. The zero-order chi connectivity index (χ0) is 23.3. The Balaban J connectivity index is 1.97. The van der Waals surface area contributed by atoms with Crippen LogP contribution in [0.1, 0.15) is 18.1 Å². The second-order valence-corrected chi connectivity index (χ2v) is 9.92. The molecule has 0 aliphatic rings. The number of rotatable bonds is 8. The number of aryl methyl sites for hydroxylation is 2. The molecule has 0 fully saturated rings. The third-order valence-electron chi connectivity index (χ3n) is 4.99. The standard InChI is InChI=1S/C24H25BrN2O4S/c1-4-18-7-5-6-8-22(18)26-24(28)16-27(19-11-9-17(2)10-12-19)32(29,30)20-13-14-23(31-3)21(25)15-20/h5-15H,4,16H2,1-3H3,(H,26,28). The molecule has 3 aromatic carbocycles. The average Bonchev–Trinajstić information content (AvgIpc) is 2.78. The Morgan fingerprint density at radius 2 is 1.75 bits per heavy atom. The molecule has 0 aromatic heterocycles. The van der Waals surface area contributed by atoms with Crippen LogP contribution in [0.25, 0.3) is 0 Å². The van der Waals surface area contributed by atoms with Gasteiger partial charge in [-0.2, -0.15) is 0 Å². The summed E-state index contributed by atoms with van der Waals surface area (Å²) in [6.45, 7) is 3.54. The number of anilines is 2. The number of nitrogens with zero attached hydrogens (tertiary/aromatic N) is 1. The molecule has 0 saturated heterocycles. The lowest BCUT2D eigenvalue weighted by Crippen LogP contribution is -2.38. The maximum atomic E-state index is 13.6. The summed E-state index contributed by atoms with van der Waals surface area (Å²) in [6, 6.07) is 19.0. The highest BCUT2D eigenvalue weighted by atomic mass is 79.9. The minimum atomic E-state index is -4.03. The van der Waals surface area contributed by atoms with E-state index in [0.717, 1.165) is 21.9 Å². The fraction of sp³-hybridized carbons (Fsp3) is 0.208. The number of hydrogen-bond donors (Lipinski definition) is 1. The van der Waals surface area contributed by atoms with Gasteiger partial charge in [-0.15, -0.1) is 0 Å². The SMILES string of the molecule is CCc1ccccc1NC(=O)CN(c1ccc(C)cc1)S(=O)(=O)c1ccc(OC)c(Br)c1. The largest absolute Gasteiger partial charge is 0.496 e. The Bertz CT molecular complexity index is 1210. The summed E-state index contributed by atoms with van der Waals surface area (Å²) >= 11 is 3.34. The Morgan fingerprint density at radius 3 is 2.38 bits per heavy atom. The van der Waals surface area contributed by atoms with E-state index in [1.165, 1.54) is 19.2 Å². The molecule has 0 spiro atoms. The van der Waals surface area contributed by atoms with E-state index in [2.05, 4.69) is 21.2 Å². The number of methoxy groups -OCH3 is 1. The monoisotopic (exact) mass is 516 g/mol. The number of para-hydroxylation sites is 1. The van der Waals surface area contributed by atoms with E-state index < -0.39 is 15.9 Å². The Morgan fingerprint density at radius 1 is 1.06 bits per heavy atom. The number of ether oxygens (including phenoxy) is 1. The molecule has 32 heavy (non-hydrogen) atoms. The highest BCUT2D eigenvalue weighted by molar-refractivity contribution is 9.10. The normalized spacial score (nSPS) is 11.1. The van der Waals surface area contributed by atoms with Crippen LogP contribution in [-0.4, -0.2) is 28.0 Å². The second-order valence-electron chi connectivity index (χ2n) is 7.20. The van der Waals surface area contributed by atoms with E-state index in [9.17, 15) is 13.2 Å². The van der Waals surface area contributed by atoms with Crippen molar-refractivity contribution in [3.05, 3.63) is 82.3 Å². The van der Waals surface area contributed by atoms with Crippen LogP contribution in [-0.2, 0) is 21.2 Å². The first kappa shape index (κ1) is 23.8. The van der Waals surface area contributed by atoms with Gasteiger partial charge in [-0.25, -0.2) is 8.42 Å². The van der Waals surface area contributed by atoms with Crippen molar-refractivity contribution in [3.63, 3.8) is 0 Å². The highest BCUT2D eigenvalue weighted by Crippen LogP contribution is 2.31. The van der Waals surface area contributed by atoms with Gasteiger partial charge in [0.1, 0.15) is 12.3 Å². The van der Waals surface area contributed by atoms with E-state index in [1.807, 2.05) is 50.2 Å². The van der Waals surface area contributed by atoms with Gasteiger partial charge in [0.15, 0.2) is 0 Å². The minimum Gasteiger partial charge on any atom is -0.496 e. The molecule has 1 amide bonds. The molecule has 3 rings (SSSR count). The van der Waals surface area contributed by atoms with Gasteiger partial charge in [-0.05, 0) is 71.2 Å². The average molecular weight is 517 g/mol. The second kappa shape index (κ2) is 10.2. The lowest BCUT2D eigenvalue weighted by atomic mass is 10.1. The topological polar surface area (TPSA) is 75.7 Å². The smallest absolute Gasteiger partial charge is 0.264 e. The van der Waals surface area contributed by atoms with Gasteiger partial charge in [0.25, 0.3) is 10.0 Å². The Hall–Kier alpha value is -2.84. The van der Waals surface area contributed by atoms with Crippen molar-refractivity contribution < 1.29 is 17.9 Å². The fourth-order valence-electron chi connectivity index (χ4n) is 3.23. The van der Waals surface area contributed by atoms with Crippen molar-refractivity contribution in [3.8, 4) is 5.75 Å². The van der Waals surface area contributed by atoms with Gasteiger partial charge in [0.05, 0.1) is 22.2 Å². The maximum Gasteiger partial charge on any atom is 0.264 e. The molecule has 8 heteroatoms. The summed E-state index contributed by atoms with van der Waals surface area (Å²) in [5, 5.41) is 2.85. The first-order valence-electron chi connectivity index (χ1n) is 10.1. The molecule has 6 nitrogen and oxygen atoms in total. The third kappa shape index (κ3) is 5.31. The summed E-state index contributed by atoms with van der Waals surface area (Å²) in [4.78, 5) is 13.0. The summed E-state index contributed by atoms with van der Waals surface area (Å²) in [6.07, 6.45) is 0.746. The van der Waals surface area contributed by atoms with Crippen molar-refractivity contribution in [2.45, 2.75) is 25.2 Å². The number of carbonyl (C=O) groups is 1. The molecule has 1 N–H and O–H groups in total. The van der Waals surface area contributed by atoms with Gasteiger partial charge < -0.3 is 10.1 Å². The maximum absolute atomic E-state index is 13.6. The third-order valence-corrected chi connectivity index (χ3v) is 7.38. The molecule has 168 valence electrons. The zero-order valence-corrected chi connectivity index (χ0v) is 20.5. The molecule has 0 aliphatic heterocycles. The molecular weight excluding hydrogens is 492 g/mol. The lowest BCUT2D eigenvalue weighted by molar-refractivity contribution is -0.114. The lowest BCUT2D eigenvalue weighted by Gasteiger charge is -2.25. The van der Waals surface area contributed by atoms with Gasteiger partial charge in [0, 0.05) is 5.69 Å². The van der Waals surface area contributed by atoms with Crippen molar-refractivity contribution in [1.29, 1.82) is 0 Å². The zero-order valence-electron chi connectivity index (χ0n) is 18.1. The number of amides is 1. The van der Waals surface area contributed by atoms with Crippen LogP contribution in [0.5, 0.6) is 5.75 Å². The van der Waals surface area contributed by atoms with E-state index in [4.69, 9.17) is 4.74 Å². The molecule has 0 unspecified atom stereocenters. The van der Waals surface area contributed by atoms with Crippen molar-refractivity contribution in [2.24, 2.45) is 0 Å². The Kier molecular flexibility index (Phi) is 7.58. The summed E-state index contributed by atoms with van der Waals surface area (Å²) in [7, 11) is -2.53. The number of carbonyl (C=O) groups excluding carboxylic acids is 1. The summed E-state index contributed by atoms with van der Waals surface area (Å²) in [5.74, 6) is 0.0855. The highest BCUT2D eigenvalue weighted by Gasteiger charge is 2.28. The van der Waals surface area contributed by atoms with Crippen LogP contribution >= 0.6 is 15.9 Å². The molecule has 0 aliphatic carbocycles. The fourth-order valence-corrected chi connectivity index (χ4v) is 5.37. The quantitative estimate of drug-likeness (QED) is 0.448. The minimum absolute atomic E-state index is 0.0486. The first-order chi connectivity index (χ1) is 15.3. The van der Waals surface area contributed by atoms with Crippen LogP contribution in [0.4, 0.5) is 11.4 Å². The molecular formula is C24H25BrN2O4S. The summed E-state index contributed by atoms with van der Waals surface area (Å²) in [5.41, 5.74) is 3.04. The number of halogens is 1. The van der Waals surface area contributed by atoms with Crippen molar-refractivity contribution >= 4 is 43.2 Å². The molecule has 0 bridgehead atoms. The van der Waals surface area contributed by atoms with E-state index in [1.54, 1.807) is 18.2 Å². The first-order valence-corrected chi connectivity index (χ1v) is 12.3. The van der Waals surface area contributed by atoms with Gasteiger partial charge in [-0.1, -0.05) is 42.8 Å². The molecule has 0 radical (unpaired) electrons. The van der Waals surface area contributed by atoms with Crippen LogP contribution in [0.3, 0.4) is 0 Å². The van der Waals surface area contributed by atoms with Crippen LogP contribution in [0, 0.1) is 6.92 Å². The number of hydrogen-bond acceptors (Lipinski definition) is 4. The predicted octanol–water partition coefficient (Wildman–Crippen LogP) is 5.16. The van der Waals surface area contributed by atoms with Crippen LogP contribution in [0.15, 0.2) is 76.1 Å². The molecule has 0 atom stereocenters. The Labute approximate surface area is 197 Å². The van der Waals surface area contributed by atoms with Gasteiger partial charge in [-0.3, -0.25) is 9.10 Å². The van der Waals surface area contributed by atoms with Crippen LogP contribution < -0.4 is 14.4 Å². The van der Waals surface area contributed by atoms with Crippen LogP contribution in [0.2, 0.25) is 0 Å². The van der Waals surface area contributed by atoms with Gasteiger partial charge in [0.2, 0.25) is 5.91 Å². The van der Waals surface area contributed by atoms with E-state index in [-0.39, 0.29) is 11.4 Å². The molecule has 0 heterocycles.